The minimum Gasteiger partial charge on any atom is -0.504 e. The maximum Gasteiger partial charge on any atom is 0.263 e. The lowest BCUT2D eigenvalue weighted by molar-refractivity contribution is -0.116. The number of hydrogen-bond donors (Lipinski definition) is 3. The van der Waals surface area contributed by atoms with Gasteiger partial charge in [-0.25, -0.2) is 14.4 Å². The highest BCUT2D eigenvalue weighted by molar-refractivity contribution is 6.33. The maximum atomic E-state index is 15.1. The summed E-state index contributed by atoms with van der Waals surface area (Å²) >= 11 is 6.31. The molecule has 4 heterocycles. The summed E-state index contributed by atoms with van der Waals surface area (Å²) in [6, 6.07) is 2.55. The Morgan fingerprint density at radius 3 is 2.67 bits per heavy atom. The summed E-state index contributed by atoms with van der Waals surface area (Å²) in [7, 11) is 3.27. The number of nitrogens with one attached hydrogen (secondary N) is 1. The van der Waals surface area contributed by atoms with Crippen LogP contribution in [0.1, 0.15) is 23.7 Å². The molecule has 0 aliphatic carbocycles. The van der Waals surface area contributed by atoms with Crippen LogP contribution in [-0.2, 0) is 23.1 Å². The van der Waals surface area contributed by atoms with E-state index in [1.165, 1.54) is 30.3 Å². The number of pyridine rings is 1. The van der Waals surface area contributed by atoms with Gasteiger partial charge in [-0.1, -0.05) is 11.6 Å². The highest BCUT2D eigenvalue weighted by Gasteiger charge is 2.28. The van der Waals surface area contributed by atoms with E-state index in [1.807, 2.05) is 18.9 Å². The van der Waals surface area contributed by atoms with Crippen molar-refractivity contribution in [2.75, 3.05) is 23.9 Å². The molecular weight excluding hydrogens is 576 g/mol. The molecule has 2 unspecified atom stereocenters. The molecular formula is C27H26ClF2N7O5. The van der Waals surface area contributed by atoms with Crippen molar-refractivity contribution in [2.24, 2.45) is 12.8 Å². The van der Waals surface area contributed by atoms with Gasteiger partial charge in [-0.3, -0.25) is 14.4 Å². The summed E-state index contributed by atoms with van der Waals surface area (Å²) < 4.78 is 37.6. The van der Waals surface area contributed by atoms with Crippen LogP contribution < -0.4 is 21.5 Å². The maximum absolute atomic E-state index is 15.1. The second-order valence-electron chi connectivity index (χ2n) is 10.1. The number of aromatic nitrogens is 4. The molecule has 0 bridgehead atoms. The van der Waals surface area contributed by atoms with Crippen molar-refractivity contribution in [3.63, 3.8) is 0 Å². The molecule has 0 spiro atoms. The van der Waals surface area contributed by atoms with Gasteiger partial charge < -0.3 is 34.9 Å². The number of aromatic hydroxyl groups is 1. The normalized spacial score (nSPS) is 16.6. The summed E-state index contributed by atoms with van der Waals surface area (Å²) in [4.78, 5) is 48.5. The molecule has 1 aromatic carbocycles. The van der Waals surface area contributed by atoms with Gasteiger partial charge in [0.25, 0.3) is 11.5 Å². The molecule has 0 radical (unpaired) electrons. The molecule has 12 nitrogen and oxygen atoms in total. The number of hydrogen-bond acceptors (Lipinski definition) is 8. The third-order valence-electron chi connectivity index (χ3n) is 7.19. The van der Waals surface area contributed by atoms with E-state index < -0.39 is 52.4 Å². The van der Waals surface area contributed by atoms with Crippen molar-refractivity contribution in [1.82, 2.24) is 19.1 Å². The molecule has 1 saturated heterocycles. The molecule has 3 aromatic heterocycles. The fourth-order valence-electron chi connectivity index (χ4n) is 4.90. The van der Waals surface area contributed by atoms with Crippen molar-refractivity contribution in [1.29, 1.82) is 0 Å². The Kier molecular flexibility index (Phi) is 7.60. The second-order valence-corrected chi connectivity index (χ2v) is 10.5. The van der Waals surface area contributed by atoms with E-state index in [-0.39, 0.29) is 39.5 Å². The van der Waals surface area contributed by atoms with Crippen molar-refractivity contribution in [3.8, 4) is 16.9 Å². The van der Waals surface area contributed by atoms with E-state index >= 15 is 4.39 Å². The zero-order valence-electron chi connectivity index (χ0n) is 22.7. The number of nitrogens with two attached hydrogens (primary N) is 1. The van der Waals surface area contributed by atoms with Crippen molar-refractivity contribution < 1.29 is 28.2 Å². The number of likely N-dealkylation sites (N-methyl/N-ethyl adjacent to an activating group) is 1. The number of phenols is 1. The number of aryl methyl sites for hydroxylation is 1. The molecule has 42 heavy (non-hydrogen) atoms. The van der Waals surface area contributed by atoms with E-state index in [0.29, 0.717) is 12.4 Å². The number of nitrogens with zero attached hydrogens (tertiary/aromatic N) is 5. The number of carbonyl (C=O) groups excluding carboxylic acids is 2. The van der Waals surface area contributed by atoms with Crippen molar-refractivity contribution in [2.45, 2.75) is 32.0 Å². The quantitative estimate of drug-likeness (QED) is 0.292. The predicted octanol–water partition coefficient (Wildman–Crippen LogP) is 2.79. The zero-order chi connectivity index (χ0) is 30.5. The molecule has 2 atom stereocenters. The van der Waals surface area contributed by atoms with Crippen LogP contribution in [0, 0.1) is 11.6 Å². The van der Waals surface area contributed by atoms with E-state index in [2.05, 4.69) is 15.3 Å². The number of amides is 2. The Morgan fingerprint density at radius 1 is 1.26 bits per heavy atom. The van der Waals surface area contributed by atoms with Crippen LogP contribution in [0.5, 0.6) is 5.75 Å². The van der Waals surface area contributed by atoms with Gasteiger partial charge in [-0.15, -0.1) is 0 Å². The SMILES string of the molecule is CC1CC(N(C)c2cc(NC(=O)Cn3cc(-c4cc(C(N)=O)c(O)c(F)c4F)c4c(=O)n(C)cnc43)c(Cl)cn2)CO1. The summed E-state index contributed by atoms with van der Waals surface area (Å²) in [5.74, 6) is -5.72. The van der Waals surface area contributed by atoms with Crippen LogP contribution in [0.4, 0.5) is 20.3 Å². The number of ether oxygens (including phenoxy) is 1. The van der Waals surface area contributed by atoms with E-state index in [4.69, 9.17) is 22.1 Å². The Bertz CT molecular complexity index is 1810. The third kappa shape index (κ3) is 5.14. The smallest absolute Gasteiger partial charge is 0.263 e. The first-order valence-electron chi connectivity index (χ1n) is 12.7. The van der Waals surface area contributed by atoms with Gasteiger partial charge in [-0.2, -0.15) is 4.39 Å². The highest BCUT2D eigenvalue weighted by atomic mass is 35.5. The molecule has 4 aromatic rings. The fraction of sp³-hybridized carbons (Fsp3) is 0.296. The van der Waals surface area contributed by atoms with Crippen molar-refractivity contribution in [3.05, 3.63) is 63.4 Å². The second kappa shape index (κ2) is 11.0. The van der Waals surface area contributed by atoms with Crippen LogP contribution >= 0.6 is 11.6 Å². The molecule has 1 fully saturated rings. The highest BCUT2D eigenvalue weighted by Crippen LogP contribution is 2.36. The van der Waals surface area contributed by atoms with Gasteiger partial charge in [-0.05, 0) is 19.4 Å². The number of primary amides is 1. The molecule has 15 heteroatoms. The lowest BCUT2D eigenvalue weighted by Gasteiger charge is -2.25. The van der Waals surface area contributed by atoms with E-state index in [1.54, 1.807) is 6.07 Å². The number of halogens is 3. The Hall–Kier alpha value is -4.56. The van der Waals surface area contributed by atoms with Gasteiger partial charge in [0.2, 0.25) is 11.7 Å². The van der Waals surface area contributed by atoms with Gasteiger partial charge in [0, 0.05) is 37.5 Å². The Morgan fingerprint density at radius 2 is 2.00 bits per heavy atom. The number of benzene rings is 1. The van der Waals surface area contributed by atoms with E-state index in [9.17, 15) is 23.9 Å². The van der Waals surface area contributed by atoms with Crippen molar-refractivity contribution >= 4 is 46.0 Å². The number of fused-ring (bicyclic) bond motifs is 1. The molecule has 5 rings (SSSR count). The van der Waals surface area contributed by atoms with Crippen LogP contribution in [0.15, 0.2) is 35.6 Å². The molecule has 220 valence electrons. The summed E-state index contributed by atoms with van der Waals surface area (Å²) in [5.41, 5.74) is 3.50. The Labute approximate surface area is 242 Å². The minimum atomic E-state index is -1.72. The molecule has 1 aliphatic heterocycles. The number of anilines is 2. The van der Waals surface area contributed by atoms with Gasteiger partial charge in [0.15, 0.2) is 11.6 Å². The molecule has 2 amide bonds. The predicted molar refractivity (Wildman–Crippen MR) is 151 cm³/mol. The summed E-state index contributed by atoms with van der Waals surface area (Å²) in [5, 5.41) is 12.6. The third-order valence-corrected chi connectivity index (χ3v) is 7.49. The van der Waals surface area contributed by atoms with Gasteiger partial charge in [0.1, 0.15) is 18.0 Å². The standard InChI is InChI=1S/C27H26ClF2N7O5/c1-12-4-13(10-42-12)36(3)19-6-18(17(28)7-32-19)34-20(38)9-37-8-16(21-26(37)33-11-35(2)27(21)41)14-5-15(25(31)40)24(39)23(30)22(14)29/h5-8,11-13,39H,4,9-10H2,1-3H3,(H2,31,40)(H,32,34,38). The molecule has 0 saturated carbocycles. The fourth-order valence-corrected chi connectivity index (χ4v) is 5.05. The minimum absolute atomic E-state index is 0.00615. The van der Waals surface area contributed by atoms with Gasteiger partial charge >= 0.3 is 0 Å². The topological polar surface area (TPSA) is 158 Å². The van der Waals surface area contributed by atoms with Crippen LogP contribution in [0.3, 0.4) is 0 Å². The lowest BCUT2D eigenvalue weighted by Crippen LogP contribution is -2.32. The first-order chi connectivity index (χ1) is 19.9. The monoisotopic (exact) mass is 601 g/mol. The summed E-state index contributed by atoms with van der Waals surface area (Å²) in [6.45, 7) is 2.12. The van der Waals surface area contributed by atoms with Gasteiger partial charge in [0.05, 0.1) is 52.9 Å². The number of carbonyl (C=O) groups is 2. The zero-order valence-corrected chi connectivity index (χ0v) is 23.4. The largest absolute Gasteiger partial charge is 0.504 e. The lowest BCUT2D eigenvalue weighted by atomic mass is 10.0. The average Bonchev–Trinajstić information content (AvgIpc) is 3.54. The van der Waals surface area contributed by atoms with Crippen LogP contribution in [-0.4, -0.2) is 61.8 Å². The first-order valence-corrected chi connectivity index (χ1v) is 13.1. The average molecular weight is 602 g/mol. The van der Waals surface area contributed by atoms with Crippen LogP contribution in [0.2, 0.25) is 5.02 Å². The number of rotatable bonds is 7. The molecule has 1 aliphatic rings. The summed E-state index contributed by atoms with van der Waals surface area (Å²) in [6.07, 6.45) is 4.78. The molecule has 4 N–H and O–H groups in total. The Balaban J connectivity index is 1.51. The first kappa shape index (κ1) is 29.0. The van der Waals surface area contributed by atoms with Crippen LogP contribution in [0.25, 0.3) is 22.2 Å². The van der Waals surface area contributed by atoms with E-state index in [0.717, 1.165) is 17.1 Å².